The number of hydrogen-bond acceptors (Lipinski definition) is 3. The summed E-state index contributed by atoms with van der Waals surface area (Å²) in [6.07, 6.45) is 2.40. The second-order valence-corrected chi connectivity index (χ2v) is 4.88. The summed E-state index contributed by atoms with van der Waals surface area (Å²) in [5, 5.41) is 3.31. The number of furan rings is 1. The van der Waals surface area contributed by atoms with E-state index in [4.69, 9.17) is 4.42 Å². The first-order chi connectivity index (χ1) is 8.71. The fourth-order valence-corrected chi connectivity index (χ4v) is 2.20. The lowest BCUT2D eigenvalue weighted by Crippen LogP contribution is -2.24. The maximum Gasteiger partial charge on any atom is 0.120 e. The maximum absolute atomic E-state index is 5.94. The van der Waals surface area contributed by atoms with Crippen molar-refractivity contribution >= 4 is 0 Å². The minimum Gasteiger partial charge on any atom is -0.463 e. The van der Waals surface area contributed by atoms with E-state index in [2.05, 4.69) is 44.0 Å². The Morgan fingerprint density at radius 1 is 1.17 bits per heavy atom. The van der Waals surface area contributed by atoms with Gasteiger partial charge in [-0.15, -0.1) is 0 Å². The second kappa shape index (κ2) is 8.33. The summed E-state index contributed by atoms with van der Waals surface area (Å²) in [7, 11) is 0. The highest BCUT2D eigenvalue weighted by Crippen LogP contribution is 2.16. The van der Waals surface area contributed by atoms with Crippen LogP contribution in [0.15, 0.2) is 10.5 Å². The van der Waals surface area contributed by atoms with E-state index in [0.717, 1.165) is 44.2 Å². The van der Waals surface area contributed by atoms with Crippen LogP contribution in [0.1, 0.15) is 50.7 Å². The van der Waals surface area contributed by atoms with Crippen LogP contribution in [-0.2, 0) is 13.1 Å². The average molecular weight is 252 g/mol. The van der Waals surface area contributed by atoms with E-state index in [1.165, 1.54) is 18.4 Å². The van der Waals surface area contributed by atoms with Crippen LogP contribution in [0.2, 0.25) is 0 Å². The molecule has 1 aromatic rings. The van der Waals surface area contributed by atoms with Crippen LogP contribution >= 0.6 is 0 Å². The first kappa shape index (κ1) is 15.3. The summed E-state index contributed by atoms with van der Waals surface area (Å²) in [5.74, 6) is 2.18. The van der Waals surface area contributed by atoms with Crippen molar-refractivity contribution in [2.24, 2.45) is 0 Å². The molecule has 0 fully saturated rings. The van der Waals surface area contributed by atoms with E-state index in [-0.39, 0.29) is 0 Å². The zero-order valence-electron chi connectivity index (χ0n) is 12.4. The topological polar surface area (TPSA) is 28.4 Å². The van der Waals surface area contributed by atoms with Crippen molar-refractivity contribution in [3.63, 3.8) is 0 Å². The standard InChI is InChI=1S/C15H28N2O/c1-5-8-17(9-6-2)12-14-10-13(4)15(18-14)11-16-7-3/h10,16H,5-9,11-12H2,1-4H3. The van der Waals surface area contributed by atoms with Crippen LogP contribution in [0.4, 0.5) is 0 Å². The lowest BCUT2D eigenvalue weighted by molar-refractivity contribution is 0.241. The molecule has 0 aliphatic heterocycles. The van der Waals surface area contributed by atoms with Crippen LogP contribution in [0.25, 0.3) is 0 Å². The van der Waals surface area contributed by atoms with Gasteiger partial charge in [0.2, 0.25) is 0 Å². The Morgan fingerprint density at radius 3 is 2.39 bits per heavy atom. The van der Waals surface area contributed by atoms with Crippen LogP contribution in [0, 0.1) is 6.92 Å². The molecule has 1 aromatic heterocycles. The molecular weight excluding hydrogens is 224 g/mol. The molecule has 0 atom stereocenters. The highest BCUT2D eigenvalue weighted by molar-refractivity contribution is 5.20. The summed E-state index contributed by atoms with van der Waals surface area (Å²) in [4.78, 5) is 2.47. The predicted octanol–water partition coefficient (Wildman–Crippen LogP) is 3.32. The summed E-state index contributed by atoms with van der Waals surface area (Å²) in [5.41, 5.74) is 1.26. The molecule has 1 N–H and O–H groups in total. The Labute approximate surface area is 112 Å². The molecule has 1 heterocycles. The zero-order chi connectivity index (χ0) is 13.4. The van der Waals surface area contributed by atoms with Gasteiger partial charge in [0, 0.05) is 0 Å². The molecule has 3 nitrogen and oxygen atoms in total. The lowest BCUT2D eigenvalue weighted by atomic mass is 10.2. The largest absolute Gasteiger partial charge is 0.463 e. The first-order valence-corrected chi connectivity index (χ1v) is 7.22. The maximum atomic E-state index is 5.94. The van der Waals surface area contributed by atoms with E-state index in [9.17, 15) is 0 Å². The summed E-state index contributed by atoms with van der Waals surface area (Å²) >= 11 is 0. The molecule has 104 valence electrons. The molecule has 0 aliphatic rings. The van der Waals surface area contributed by atoms with Gasteiger partial charge in [0.1, 0.15) is 11.5 Å². The van der Waals surface area contributed by atoms with Crippen molar-refractivity contribution in [3.05, 3.63) is 23.2 Å². The average Bonchev–Trinajstić information content (AvgIpc) is 2.67. The van der Waals surface area contributed by atoms with Gasteiger partial charge in [0.25, 0.3) is 0 Å². The van der Waals surface area contributed by atoms with Gasteiger partial charge in [-0.25, -0.2) is 0 Å². The van der Waals surface area contributed by atoms with Gasteiger partial charge in [-0.2, -0.15) is 0 Å². The van der Waals surface area contributed by atoms with Crippen molar-refractivity contribution < 1.29 is 4.42 Å². The molecule has 0 spiro atoms. The smallest absolute Gasteiger partial charge is 0.120 e. The van der Waals surface area contributed by atoms with Gasteiger partial charge in [0.05, 0.1) is 13.1 Å². The van der Waals surface area contributed by atoms with E-state index >= 15 is 0 Å². The molecule has 0 amide bonds. The molecule has 0 aliphatic carbocycles. The minimum absolute atomic E-state index is 0.837. The molecule has 0 aromatic carbocycles. The summed E-state index contributed by atoms with van der Waals surface area (Å²) in [6, 6.07) is 2.19. The van der Waals surface area contributed by atoms with Gasteiger partial charge in [-0.3, -0.25) is 4.90 Å². The monoisotopic (exact) mass is 252 g/mol. The Kier molecular flexibility index (Phi) is 7.06. The van der Waals surface area contributed by atoms with Gasteiger partial charge in [-0.05, 0) is 51.0 Å². The van der Waals surface area contributed by atoms with Crippen molar-refractivity contribution in [3.8, 4) is 0 Å². The fourth-order valence-electron chi connectivity index (χ4n) is 2.20. The number of nitrogens with one attached hydrogen (secondary N) is 1. The number of nitrogens with zero attached hydrogens (tertiary/aromatic N) is 1. The predicted molar refractivity (Wildman–Crippen MR) is 76.7 cm³/mol. The quantitative estimate of drug-likeness (QED) is 0.731. The van der Waals surface area contributed by atoms with Gasteiger partial charge >= 0.3 is 0 Å². The van der Waals surface area contributed by atoms with Crippen molar-refractivity contribution in [1.29, 1.82) is 0 Å². The van der Waals surface area contributed by atoms with E-state index < -0.39 is 0 Å². The van der Waals surface area contributed by atoms with Gasteiger partial charge in [-0.1, -0.05) is 20.8 Å². The van der Waals surface area contributed by atoms with Crippen molar-refractivity contribution in [2.75, 3.05) is 19.6 Å². The van der Waals surface area contributed by atoms with Crippen LogP contribution < -0.4 is 5.32 Å². The third-order valence-corrected chi connectivity index (χ3v) is 3.07. The van der Waals surface area contributed by atoms with Crippen LogP contribution in [0.3, 0.4) is 0 Å². The Hall–Kier alpha value is -0.800. The third kappa shape index (κ3) is 4.83. The minimum atomic E-state index is 0.837. The summed E-state index contributed by atoms with van der Waals surface area (Å²) in [6.45, 7) is 13.8. The number of rotatable bonds is 9. The third-order valence-electron chi connectivity index (χ3n) is 3.07. The van der Waals surface area contributed by atoms with Crippen molar-refractivity contribution in [2.45, 2.75) is 53.6 Å². The Morgan fingerprint density at radius 2 is 1.83 bits per heavy atom. The van der Waals surface area contributed by atoms with Gasteiger partial charge in [0.15, 0.2) is 0 Å². The second-order valence-electron chi connectivity index (χ2n) is 4.88. The fraction of sp³-hybridized carbons (Fsp3) is 0.733. The van der Waals surface area contributed by atoms with E-state index in [1.54, 1.807) is 0 Å². The SMILES string of the molecule is CCCN(CCC)Cc1cc(C)c(CNCC)o1. The summed E-state index contributed by atoms with van der Waals surface area (Å²) < 4.78 is 5.94. The molecule has 0 saturated heterocycles. The molecule has 18 heavy (non-hydrogen) atoms. The molecule has 3 heteroatoms. The Balaban J connectivity index is 2.59. The van der Waals surface area contributed by atoms with E-state index in [1.807, 2.05) is 0 Å². The highest BCUT2D eigenvalue weighted by atomic mass is 16.3. The molecule has 0 radical (unpaired) electrons. The van der Waals surface area contributed by atoms with Crippen LogP contribution in [-0.4, -0.2) is 24.5 Å². The van der Waals surface area contributed by atoms with Crippen molar-refractivity contribution in [1.82, 2.24) is 10.2 Å². The molecular formula is C15H28N2O. The highest BCUT2D eigenvalue weighted by Gasteiger charge is 2.10. The molecule has 0 unspecified atom stereocenters. The first-order valence-electron chi connectivity index (χ1n) is 7.22. The molecule has 0 saturated carbocycles. The number of hydrogen-bond donors (Lipinski definition) is 1. The van der Waals surface area contributed by atoms with Gasteiger partial charge < -0.3 is 9.73 Å². The molecule has 0 bridgehead atoms. The van der Waals surface area contributed by atoms with E-state index in [0.29, 0.717) is 0 Å². The lowest BCUT2D eigenvalue weighted by Gasteiger charge is -2.19. The zero-order valence-corrected chi connectivity index (χ0v) is 12.4. The molecule has 1 rings (SSSR count). The normalized spacial score (nSPS) is 11.4. The van der Waals surface area contributed by atoms with Crippen LogP contribution in [0.5, 0.6) is 0 Å². The Bertz CT molecular complexity index is 327. The number of aryl methyl sites for hydroxylation is 1.